The molecule has 8 aromatic carbocycles. The number of nitrogens with zero attached hydrogens (tertiary/aromatic N) is 4. The van der Waals surface area contributed by atoms with Crippen molar-refractivity contribution >= 4 is 32.6 Å². The van der Waals surface area contributed by atoms with Crippen LogP contribution in [0.1, 0.15) is 0 Å². The summed E-state index contributed by atoms with van der Waals surface area (Å²) in [6.45, 7) is 0. The summed E-state index contributed by atoms with van der Waals surface area (Å²) < 4.78 is 2.38. The quantitative estimate of drug-likeness (QED) is 0.176. The zero-order valence-electron chi connectivity index (χ0n) is 28.8. The Bertz CT molecular complexity index is 2810. The molecule has 4 nitrogen and oxygen atoms in total. The third kappa shape index (κ3) is 5.54. The smallest absolute Gasteiger partial charge is 0.164 e. The van der Waals surface area contributed by atoms with E-state index in [-0.39, 0.29) is 0 Å². The highest BCUT2D eigenvalue weighted by Gasteiger charge is 2.18. The van der Waals surface area contributed by atoms with Crippen LogP contribution in [0.25, 0.3) is 94.7 Å². The highest BCUT2D eigenvalue weighted by molar-refractivity contribution is 6.11. The molecule has 0 atom stereocenters. The van der Waals surface area contributed by atoms with Crippen LogP contribution in [0.2, 0.25) is 0 Å². The normalized spacial score (nSPS) is 11.4. The first-order valence-corrected chi connectivity index (χ1v) is 17.9. The molecule has 0 N–H and O–H groups in total. The van der Waals surface area contributed by atoms with Gasteiger partial charge in [-0.3, -0.25) is 0 Å². The topological polar surface area (TPSA) is 43.6 Å². The monoisotopic (exact) mass is 676 g/mol. The second kappa shape index (κ2) is 12.9. The zero-order chi connectivity index (χ0) is 35.1. The minimum Gasteiger partial charge on any atom is -0.309 e. The van der Waals surface area contributed by atoms with E-state index in [1.54, 1.807) is 0 Å². The molecule has 0 saturated heterocycles. The van der Waals surface area contributed by atoms with E-state index >= 15 is 0 Å². The standard InChI is InChI=1S/C49H32N4/c1-3-12-33(13-4-1)35-22-26-38(27-23-35)47-50-48(39-28-24-36(25-29-39)34-14-5-2-6-15-34)52-49(51-47)40-30-31-43-42-19-9-10-20-45(42)53(46(43)32-40)44-21-11-17-37-16-7-8-18-41(37)44/h1-32H. The second-order valence-corrected chi connectivity index (χ2v) is 13.3. The maximum atomic E-state index is 5.15. The molecule has 4 heteroatoms. The van der Waals surface area contributed by atoms with Gasteiger partial charge in [-0.25, -0.2) is 15.0 Å². The second-order valence-electron chi connectivity index (χ2n) is 13.3. The molecule has 0 spiro atoms. The Hall–Kier alpha value is -7.17. The minimum absolute atomic E-state index is 0.626. The Labute approximate surface area is 307 Å². The summed E-state index contributed by atoms with van der Waals surface area (Å²) in [5.41, 5.74) is 10.8. The summed E-state index contributed by atoms with van der Waals surface area (Å²) in [6.07, 6.45) is 0. The van der Waals surface area contributed by atoms with E-state index in [1.807, 2.05) is 12.1 Å². The van der Waals surface area contributed by atoms with Gasteiger partial charge >= 0.3 is 0 Å². The first-order valence-electron chi connectivity index (χ1n) is 17.9. The van der Waals surface area contributed by atoms with Crippen LogP contribution in [-0.4, -0.2) is 19.5 Å². The van der Waals surface area contributed by atoms with Gasteiger partial charge in [0.1, 0.15) is 0 Å². The molecule has 2 aromatic heterocycles. The van der Waals surface area contributed by atoms with E-state index in [0.29, 0.717) is 17.5 Å². The summed E-state index contributed by atoms with van der Waals surface area (Å²) in [5, 5.41) is 4.79. The molecule has 10 rings (SSSR count). The van der Waals surface area contributed by atoms with Crippen LogP contribution >= 0.6 is 0 Å². The molecule has 0 fully saturated rings. The van der Waals surface area contributed by atoms with E-state index in [1.165, 1.54) is 32.7 Å². The van der Waals surface area contributed by atoms with Crippen LogP contribution in [0.3, 0.4) is 0 Å². The number of benzene rings is 8. The van der Waals surface area contributed by atoms with Crippen LogP contribution in [0.4, 0.5) is 0 Å². The molecule has 248 valence electrons. The van der Waals surface area contributed by atoms with Crippen LogP contribution in [0.5, 0.6) is 0 Å². The number of para-hydroxylation sites is 1. The lowest BCUT2D eigenvalue weighted by molar-refractivity contribution is 1.07. The van der Waals surface area contributed by atoms with Gasteiger partial charge in [-0.15, -0.1) is 0 Å². The maximum Gasteiger partial charge on any atom is 0.164 e. The maximum absolute atomic E-state index is 5.15. The van der Waals surface area contributed by atoms with Gasteiger partial charge in [0.15, 0.2) is 17.5 Å². The van der Waals surface area contributed by atoms with Crippen molar-refractivity contribution in [2.45, 2.75) is 0 Å². The number of fused-ring (bicyclic) bond motifs is 4. The van der Waals surface area contributed by atoms with Crippen LogP contribution in [0, 0.1) is 0 Å². The van der Waals surface area contributed by atoms with E-state index in [2.05, 4.69) is 187 Å². The molecule has 0 amide bonds. The van der Waals surface area contributed by atoms with E-state index < -0.39 is 0 Å². The lowest BCUT2D eigenvalue weighted by Gasteiger charge is -2.12. The van der Waals surface area contributed by atoms with Crippen molar-refractivity contribution in [3.8, 4) is 62.1 Å². The van der Waals surface area contributed by atoms with Crippen molar-refractivity contribution in [3.63, 3.8) is 0 Å². The lowest BCUT2D eigenvalue weighted by Crippen LogP contribution is -2.01. The lowest BCUT2D eigenvalue weighted by atomic mass is 10.0. The molecule has 53 heavy (non-hydrogen) atoms. The van der Waals surface area contributed by atoms with E-state index in [0.717, 1.165) is 44.5 Å². The highest BCUT2D eigenvalue weighted by atomic mass is 15.0. The van der Waals surface area contributed by atoms with E-state index in [4.69, 9.17) is 15.0 Å². The molecule has 10 aromatic rings. The van der Waals surface area contributed by atoms with Crippen LogP contribution in [-0.2, 0) is 0 Å². The number of aromatic nitrogens is 4. The first kappa shape index (κ1) is 30.6. The molecular formula is C49H32N4. The molecule has 0 aliphatic rings. The number of hydrogen-bond acceptors (Lipinski definition) is 3. The van der Waals surface area contributed by atoms with Gasteiger partial charge in [0.2, 0.25) is 0 Å². The predicted octanol–water partition coefficient (Wildman–Crippen LogP) is 12.5. The third-order valence-electron chi connectivity index (χ3n) is 10.1. The molecule has 0 unspecified atom stereocenters. The molecule has 0 bridgehead atoms. The first-order chi connectivity index (χ1) is 26.3. The Kier molecular flexibility index (Phi) is 7.43. The van der Waals surface area contributed by atoms with Crippen LogP contribution < -0.4 is 0 Å². The predicted molar refractivity (Wildman–Crippen MR) is 219 cm³/mol. The molecule has 0 aliphatic heterocycles. The van der Waals surface area contributed by atoms with Crippen molar-refractivity contribution in [2.75, 3.05) is 0 Å². The van der Waals surface area contributed by atoms with Gasteiger partial charge in [-0.05, 0) is 45.8 Å². The third-order valence-corrected chi connectivity index (χ3v) is 10.1. The Morgan fingerprint density at radius 1 is 0.283 bits per heavy atom. The highest BCUT2D eigenvalue weighted by Crippen LogP contribution is 2.37. The average molecular weight is 677 g/mol. The van der Waals surface area contributed by atoms with Crippen molar-refractivity contribution in [3.05, 3.63) is 194 Å². The number of rotatable bonds is 6. The summed E-state index contributed by atoms with van der Waals surface area (Å²) in [5.74, 6) is 1.89. The van der Waals surface area contributed by atoms with Crippen molar-refractivity contribution < 1.29 is 0 Å². The zero-order valence-corrected chi connectivity index (χ0v) is 28.8. The largest absolute Gasteiger partial charge is 0.309 e. The van der Waals surface area contributed by atoms with Gasteiger partial charge in [0, 0.05) is 32.8 Å². The van der Waals surface area contributed by atoms with Gasteiger partial charge in [-0.1, -0.05) is 176 Å². The Morgan fingerprint density at radius 2 is 0.717 bits per heavy atom. The van der Waals surface area contributed by atoms with Crippen molar-refractivity contribution in [2.24, 2.45) is 0 Å². The summed E-state index contributed by atoms with van der Waals surface area (Å²) in [7, 11) is 0. The van der Waals surface area contributed by atoms with Crippen LogP contribution in [0.15, 0.2) is 194 Å². The molecule has 0 radical (unpaired) electrons. The van der Waals surface area contributed by atoms with Gasteiger partial charge in [0.25, 0.3) is 0 Å². The molecule has 0 aliphatic carbocycles. The molecule has 2 heterocycles. The fraction of sp³-hybridized carbons (Fsp3) is 0. The summed E-state index contributed by atoms with van der Waals surface area (Å²) in [4.78, 5) is 15.4. The van der Waals surface area contributed by atoms with Crippen molar-refractivity contribution in [1.29, 1.82) is 0 Å². The van der Waals surface area contributed by atoms with E-state index in [9.17, 15) is 0 Å². The fourth-order valence-electron chi connectivity index (χ4n) is 7.42. The summed E-state index contributed by atoms with van der Waals surface area (Å²) in [6, 6.07) is 68.1. The fourth-order valence-corrected chi connectivity index (χ4v) is 7.42. The molecular weight excluding hydrogens is 645 g/mol. The summed E-state index contributed by atoms with van der Waals surface area (Å²) >= 11 is 0. The molecule has 0 saturated carbocycles. The van der Waals surface area contributed by atoms with Crippen molar-refractivity contribution in [1.82, 2.24) is 19.5 Å². The van der Waals surface area contributed by atoms with Gasteiger partial charge < -0.3 is 4.57 Å². The number of hydrogen-bond donors (Lipinski definition) is 0. The van der Waals surface area contributed by atoms with Gasteiger partial charge in [0.05, 0.1) is 16.7 Å². The SMILES string of the molecule is c1ccc(-c2ccc(-c3nc(-c4ccc(-c5ccccc5)cc4)nc(-c4ccc5c6ccccc6n(-c6cccc7ccccc67)c5c4)n3)cc2)cc1. The average Bonchev–Trinajstić information content (AvgIpc) is 3.57. The minimum atomic E-state index is 0.626. The van der Waals surface area contributed by atoms with Gasteiger partial charge in [-0.2, -0.15) is 0 Å². The Morgan fingerprint density at radius 3 is 1.34 bits per heavy atom. The Balaban J connectivity index is 1.15.